The van der Waals surface area contributed by atoms with Crippen molar-refractivity contribution in [2.45, 2.75) is 6.42 Å². The molecule has 0 fully saturated rings. The fourth-order valence-electron chi connectivity index (χ4n) is 1.16. The Morgan fingerprint density at radius 1 is 1.20 bits per heavy atom. The first kappa shape index (κ1) is 5.78. The smallest absolute Gasteiger partial charge is 0.122 e. The van der Waals surface area contributed by atoms with E-state index in [-0.39, 0.29) is 0 Å². The van der Waals surface area contributed by atoms with Crippen LogP contribution in [0.15, 0.2) is 24.3 Å². The minimum atomic E-state index is 0.830. The van der Waals surface area contributed by atoms with Crippen molar-refractivity contribution >= 4 is 0 Å². The minimum Gasteiger partial charge on any atom is -0.493 e. The van der Waals surface area contributed by atoms with Crippen LogP contribution in [0.5, 0.6) is 5.75 Å². The molecular formula is C9H9O. The van der Waals surface area contributed by atoms with Gasteiger partial charge in [-0.3, -0.25) is 0 Å². The molecule has 1 aromatic carbocycles. The first-order valence-electron chi connectivity index (χ1n) is 3.52. The molecule has 0 unspecified atom stereocenters. The summed E-state index contributed by atoms with van der Waals surface area (Å²) in [6.45, 7) is 0.830. The maximum atomic E-state index is 5.39. The van der Waals surface area contributed by atoms with E-state index in [4.69, 9.17) is 4.74 Å². The van der Waals surface area contributed by atoms with Crippen LogP contribution >= 0.6 is 0 Å². The van der Waals surface area contributed by atoms with Crippen molar-refractivity contribution in [2.24, 2.45) is 0 Å². The summed E-state index contributed by atoms with van der Waals surface area (Å²) in [7, 11) is 0. The van der Waals surface area contributed by atoms with Gasteiger partial charge in [0.25, 0.3) is 0 Å². The summed E-state index contributed by atoms with van der Waals surface area (Å²) in [5, 5.41) is 0. The van der Waals surface area contributed by atoms with Crippen molar-refractivity contribution in [2.75, 3.05) is 6.61 Å². The van der Waals surface area contributed by atoms with Gasteiger partial charge in [0.05, 0.1) is 6.61 Å². The highest BCUT2D eigenvalue weighted by Gasteiger charge is 2.07. The average molecular weight is 133 g/mol. The average Bonchev–Trinajstić information content (AvgIpc) is 2.05. The van der Waals surface area contributed by atoms with Gasteiger partial charge in [-0.1, -0.05) is 18.2 Å². The zero-order chi connectivity index (χ0) is 6.81. The topological polar surface area (TPSA) is 9.23 Å². The Kier molecular flexibility index (Phi) is 1.35. The molecule has 1 heteroatoms. The lowest BCUT2D eigenvalue weighted by molar-refractivity contribution is 0.306. The van der Waals surface area contributed by atoms with E-state index < -0.39 is 0 Å². The molecule has 1 aliphatic rings. The normalized spacial score (nSPS) is 15.6. The van der Waals surface area contributed by atoms with Crippen molar-refractivity contribution in [1.29, 1.82) is 0 Å². The van der Waals surface area contributed by atoms with E-state index in [1.807, 2.05) is 18.2 Å². The predicted molar refractivity (Wildman–Crippen MR) is 40.0 cm³/mol. The third kappa shape index (κ3) is 0.878. The maximum absolute atomic E-state index is 5.39. The van der Waals surface area contributed by atoms with E-state index in [2.05, 4.69) is 12.5 Å². The third-order valence-electron chi connectivity index (χ3n) is 1.66. The molecule has 1 aliphatic heterocycles. The Hall–Kier alpha value is -0.980. The monoisotopic (exact) mass is 133 g/mol. The summed E-state index contributed by atoms with van der Waals surface area (Å²) >= 11 is 0. The summed E-state index contributed by atoms with van der Waals surface area (Å²) in [4.78, 5) is 0. The van der Waals surface area contributed by atoms with Crippen LogP contribution in [0.2, 0.25) is 0 Å². The summed E-state index contributed by atoms with van der Waals surface area (Å²) in [6.07, 6.45) is 3.25. The second kappa shape index (κ2) is 2.33. The molecule has 0 aromatic heterocycles. The molecule has 1 radical (unpaired) electrons. The van der Waals surface area contributed by atoms with Gasteiger partial charge in [-0.15, -0.1) is 0 Å². The number of ether oxygens (including phenoxy) is 1. The van der Waals surface area contributed by atoms with Crippen LogP contribution in [0.1, 0.15) is 12.0 Å². The van der Waals surface area contributed by atoms with Crippen LogP contribution in [0, 0.1) is 6.42 Å². The van der Waals surface area contributed by atoms with Gasteiger partial charge in [0, 0.05) is 0 Å². The van der Waals surface area contributed by atoms with E-state index in [0.29, 0.717) is 0 Å². The Balaban J connectivity index is 2.41. The Morgan fingerprint density at radius 3 is 3.00 bits per heavy atom. The van der Waals surface area contributed by atoms with Crippen LogP contribution in [-0.4, -0.2) is 6.61 Å². The highest BCUT2D eigenvalue weighted by molar-refractivity contribution is 5.39. The number of rotatable bonds is 0. The molecule has 0 spiro atoms. The van der Waals surface area contributed by atoms with Crippen molar-refractivity contribution < 1.29 is 4.74 Å². The van der Waals surface area contributed by atoms with Gasteiger partial charge < -0.3 is 4.74 Å². The molecule has 0 saturated carbocycles. The lowest BCUT2D eigenvalue weighted by Gasteiger charge is -2.15. The van der Waals surface area contributed by atoms with Crippen LogP contribution in [0.25, 0.3) is 0 Å². The summed E-state index contributed by atoms with van der Waals surface area (Å²) in [6, 6.07) is 8.11. The molecule has 0 bridgehead atoms. The first-order valence-corrected chi connectivity index (χ1v) is 3.52. The van der Waals surface area contributed by atoms with Crippen molar-refractivity contribution in [3.63, 3.8) is 0 Å². The van der Waals surface area contributed by atoms with Gasteiger partial charge in [0.1, 0.15) is 5.75 Å². The second-order valence-corrected chi connectivity index (χ2v) is 2.38. The second-order valence-electron chi connectivity index (χ2n) is 2.38. The van der Waals surface area contributed by atoms with E-state index in [9.17, 15) is 0 Å². The summed E-state index contributed by atoms with van der Waals surface area (Å²) < 4.78 is 5.39. The number of hydrogen-bond donors (Lipinski definition) is 0. The zero-order valence-electron chi connectivity index (χ0n) is 5.71. The van der Waals surface area contributed by atoms with Crippen molar-refractivity contribution in [3.05, 3.63) is 36.2 Å². The van der Waals surface area contributed by atoms with E-state index in [1.54, 1.807) is 0 Å². The number of para-hydroxylation sites is 1. The highest BCUT2D eigenvalue weighted by Crippen LogP contribution is 2.24. The van der Waals surface area contributed by atoms with Gasteiger partial charge in [0.15, 0.2) is 0 Å². The van der Waals surface area contributed by atoms with Gasteiger partial charge in [-0.05, 0) is 24.5 Å². The van der Waals surface area contributed by atoms with Crippen LogP contribution in [-0.2, 0) is 0 Å². The lowest BCUT2D eigenvalue weighted by Crippen LogP contribution is -2.05. The molecular weight excluding hydrogens is 124 g/mol. The van der Waals surface area contributed by atoms with Crippen LogP contribution in [0.4, 0.5) is 0 Å². The van der Waals surface area contributed by atoms with E-state index in [1.165, 1.54) is 5.56 Å². The fraction of sp³-hybridized carbons (Fsp3) is 0.222. The summed E-state index contributed by atoms with van der Waals surface area (Å²) in [5.41, 5.74) is 1.23. The summed E-state index contributed by atoms with van der Waals surface area (Å²) in [5.74, 6) is 1.02. The largest absolute Gasteiger partial charge is 0.493 e. The Morgan fingerprint density at radius 2 is 2.10 bits per heavy atom. The minimum absolute atomic E-state index is 0.830. The van der Waals surface area contributed by atoms with Crippen LogP contribution < -0.4 is 4.74 Å². The van der Waals surface area contributed by atoms with Gasteiger partial charge in [-0.25, -0.2) is 0 Å². The Bertz CT molecular complexity index is 205. The molecule has 10 heavy (non-hydrogen) atoms. The van der Waals surface area contributed by atoms with Gasteiger partial charge in [0.2, 0.25) is 0 Å². The van der Waals surface area contributed by atoms with Gasteiger partial charge in [-0.2, -0.15) is 0 Å². The molecule has 0 aliphatic carbocycles. The SMILES string of the molecule is [CH]1CCOc2ccccc21. The molecule has 1 heterocycles. The number of benzene rings is 1. The molecule has 0 N–H and O–H groups in total. The molecule has 0 atom stereocenters. The zero-order valence-corrected chi connectivity index (χ0v) is 5.71. The number of fused-ring (bicyclic) bond motifs is 1. The fourth-order valence-corrected chi connectivity index (χ4v) is 1.16. The van der Waals surface area contributed by atoms with E-state index in [0.717, 1.165) is 18.8 Å². The highest BCUT2D eigenvalue weighted by atomic mass is 16.5. The predicted octanol–water partition coefficient (Wildman–Crippen LogP) is 2.02. The standard InChI is InChI=1S/C9H9O/c1-2-6-9-8(4-1)5-3-7-10-9/h1-2,4-6H,3,7H2. The quantitative estimate of drug-likeness (QED) is 0.526. The number of hydrogen-bond acceptors (Lipinski definition) is 1. The van der Waals surface area contributed by atoms with E-state index >= 15 is 0 Å². The molecule has 1 aromatic rings. The van der Waals surface area contributed by atoms with Crippen LogP contribution in [0.3, 0.4) is 0 Å². The molecule has 1 nitrogen and oxygen atoms in total. The molecule has 0 saturated heterocycles. The van der Waals surface area contributed by atoms with Crippen molar-refractivity contribution in [3.8, 4) is 5.75 Å². The third-order valence-corrected chi connectivity index (χ3v) is 1.66. The Labute approximate surface area is 60.6 Å². The molecule has 0 amide bonds. The van der Waals surface area contributed by atoms with Crippen molar-refractivity contribution in [1.82, 2.24) is 0 Å². The molecule has 51 valence electrons. The van der Waals surface area contributed by atoms with Gasteiger partial charge >= 0.3 is 0 Å². The molecule has 2 rings (SSSR count). The maximum Gasteiger partial charge on any atom is 0.122 e. The lowest BCUT2D eigenvalue weighted by atomic mass is 10.1. The first-order chi connectivity index (χ1) is 4.97.